The molecule has 27 heavy (non-hydrogen) atoms. The molecule has 11 nitrogen and oxygen atoms in total. The van der Waals surface area contributed by atoms with E-state index >= 15 is 0 Å². The molecule has 11 heteroatoms. The van der Waals surface area contributed by atoms with Gasteiger partial charge in [0.2, 0.25) is 5.82 Å². The van der Waals surface area contributed by atoms with Crippen molar-refractivity contribution in [3.63, 3.8) is 0 Å². The minimum atomic E-state index is -0.601. The minimum Gasteiger partial charge on any atom is -0.444 e. The van der Waals surface area contributed by atoms with E-state index in [0.717, 1.165) is 0 Å². The van der Waals surface area contributed by atoms with Crippen LogP contribution in [0.2, 0.25) is 0 Å². The summed E-state index contributed by atoms with van der Waals surface area (Å²) in [6.45, 7) is 11.1. The fourth-order valence-electron chi connectivity index (χ4n) is 2.83. The molecule has 2 heterocycles. The third-order valence-corrected chi connectivity index (χ3v) is 4.27. The van der Waals surface area contributed by atoms with Crippen molar-refractivity contribution in [1.29, 1.82) is 0 Å². The van der Waals surface area contributed by atoms with Crippen molar-refractivity contribution in [1.82, 2.24) is 15.3 Å². The van der Waals surface area contributed by atoms with Gasteiger partial charge in [-0.05, 0) is 45.1 Å². The van der Waals surface area contributed by atoms with Crippen LogP contribution in [0.4, 0.5) is 4.79 Å². The molecule has 150 valence electrons. The third kappa shape index (κ3) is 4.52. The van der Waals surface area contributed by atoms with Crippen molar-refractivity contribution >= 4 is 11.8 Å². The van der Waals surface area contributed by atoms with E-state index < -0.39 is 16.6 Å². The molecule has 0 saturated carbocycles. The second-order valence-electron chi connectivity index (χ2n) is 7.78. The predicted molar refractivity (Wildman–Crippen MR) is 98.2 cm³/mol. The summed E-state index contributed by atoms with van der Waals surface area (Å²) in [4.78, 5) is 27.6. The van der Waals surface area contributed by atoms with E-state index in [4.69, 9.17) is 4.74 Å². The number of carbonyl (C=O) groups excluding carboxylic acids is 1. The Morgan fingerprint density at radius 1 is 1.41 bits per heavy atom. The fourth-order valence-corrected chi connectivity index (χ4v) is 2.83. The number of fused-ring (bicyclic) bond motifs is 1. The Hall–Kier alpha value is -2.72. The molecule has 0 aliphatic carbocycles. The topological polar surface area (TPSA) is 125 Å². The van der Waals surface area contributed by atoms with E-state index in [-0.39, 0.29) is 30.2 Å². The Morgan fingerprint density at radius 3 is 2.59 bits per heavy atom. The predicted octanol–water partition coefficient (Wildman–Crippen LogP) is 2.35. The number of ether oxygens (including phenoxy) is 1. The molecular formula is C16H27N7O4. The summed E-state index contributed by atoms with van der Waals surface area (Å²) in [7, 11) is 1.61. The van der Waals surface area contributed by atoms with Crippen molar-refractivity contribution in [2.24, 2.45) is 21.4 Å². The molecule has 0 saturated heterocycles. The van der Waals surface area contributed by atoms with Crippen LogP contribution in [0.3, 0.4) is 0 Å². The molecule has 0 aromatic rings. The van der Waals surface area contributed by atoms with E-state index in [9.17, 15) is 14.9 Å². The largest absolute Gasteiger partial charge is 0.444 e. The molecule has 3 unspecified atom stereocenters. The molecule has 0 aromatic heterocycles. The van der Waals surface area contributed by atoms with Crippen LogP contribution in [0.5, 0.6) is 0 Å². The van der Waals surface area contributed by atoms with Gasteiger partial charge in [-0.1, -0.05) is 6.92 Å². The number of alkyl carbamates (subject to hydrolysis) is 1. The number of carbonyl (C=O) groups is 1. The molecule has 1 N–H and O–H groups in total. The summed E-state index contributed by atoms with van der Waals surface area (Å²) in [5.41, 5.74) is -0.344. The van der Waals surface area contributed by atoms with Gasteiger partial charge in [0.25, 0.3) is 0 Å². The zero-order valence-corrected chi connectivity index (χ0v) is 16.8. The second-order valence-corrected chi connectivity index (χ2v) is 7.78. The van der Waals surface area contributed by atoms with Gasteiger partial charge in [0, 0.05) is 19.0 Å². The first-order chi connectivity index (χ1) is 12.4. The molecule has 0 spiro atoms. The Bertz CT molecular complexity index is 710. The molecular weight excluding hydrogens is 354 g/mol. The van der Waals surface area contributed by atoms with Crippen molar-refractivity contribution < 1.29 is 14.5 Å². The number of aliphatic imine (C=N–C) groups is 1. The maximum absolute atomic E-state index is 11.9. The molecule has 2 aliphatic heterocycles. The van der Waals surface area contributed by atoms with E-state index in [1.165, 1.54) is 5.01 Å². The van der Waals surface area contributed by atoms with E-state index in [0.29, 0.717) is 11.5 Å². The third-order valence-electron chi connectivity index (χ3n) is 4.27. The van der Waals surface area contributed by atoms with Crippen LogP contribution in [-0.2, 0) is 4.74 Å². The monoisotopic (exact) mass is 381 g/mol. The first-order valence-corrected chi connectivity index (χ1v) is 8.79. The first-order valence-electron chi connectivity index (χ1n) is 8.79. The number of hydrogen-bond donors (Lipinski definition) is 1. The first kappa shape index (κ1) is 20.6. The van der Waals surface area contributed by atoms with Gasteiger partial charge in [-0.15, -0.1) is 0 Å². The average Bonchev–Trinajstić information content (AvgIpc) is 2.88. The standard InChI is InChI=1S/C16H27N7O4/c1-9(18-15(24)27-16(4,5)6)8-17-12-10(2)11(3)22-14(13(12)23(25)26)21(7)19-20-22/h9-11H,8H2,1-7H3,(H,18,24). The van der Waals surface area contributed by atoms with Crippen molar-refractivity contribution in [3.05, 3.63) is 21.6 Å². The van der Waals surface area contributed by atoms with Gasteiger partial charge in [0.1, 0.15) is 11.3 Å². The van der Waals surface area contributed by atoms with Gasteiger partial charge < -0.3 is 10.1 Å². The number of nitro groups is 1. The van der Waals surface area contributed by atoms with Crippen LogP contribution < -0.4 is 5.32 Å². The fraction of sp³-hybridized carbons (Fsp3) is 0.750. The molecule has 2 rings (SSSR count). The summed E-state index contributed by atoms with van der Waals surface area (Å²) >= 11 is 0. The van der Waals surface area contributed by atoms with Crippen LogP contribution >= 0.6 is 0 Å². The van der Waals surface area contributed by atoms with Crippen LogP contribution in [-0.4, -0.2) is 58.0 Å². The summed E-state index contributed by atoms with van der Waals surface area (Å²) in [5, 5.41) is 25.2. The second kappa shape index (κ2) is 7.49. The molecule has 0 aromatic carbocycles. The summed E-state index contributed by atoms with van der Waals surface area (Å²) in [6, 6.07) is -0.480. The van der Waals surface area contributed by atoms with Gasteiger partial charge in [0.15, 0.2) is 0 Å². The highest BCUT2D eigenvalue weighted by Crippen LogP contribution is 2.35. The zero-order valence-electron chi connectivity index (χ0n) is 16.8. The lowest BCUT2D eigenvalue weighted by Gasteiger charge is -2.33. The molecule has 3 atom stereocenters. The number of hydrogen-bond acceptors (Lipinski definition) is 9. The van der Waals surface area contributed by atoms with Gasteiger partial charge in [0.05, 0.1) is 17.5 Å². The molecule has 0 bridgehead atoms. The van der Waals surface area contributed by atoms with Crippen molar-refractivity contribution in [2.75, 3.05) is 13.6 Å². The van der Waals surface area contributed by atoms with Gasteiger partial charge in [-0.2, -0.15) is 0 Å². The lowest BCUT2D eigenvalue weighted by Crippen LogP contribution is -2.46. The Balaban J connectivity index is 2.22. The highest BCUT2D eigenvalue weighted by Gasteiger charge is 2.46. The SMILES string of the molecule is CC(CN=C1C([N+](=O)[O-])=C2N(C)N=NN2C(C)C1C)NC(=O)OC(C)(C)C. The number of nitrogens with zero attached hydrogens (tertiary/aromatic N) is 6. The highest BCUT2D eigenvalue weighted by atomic mass is 16.6. The van der Waals surface area contributed by atoms with E-state index in [1.54, 1.807) is 39.8 Å². The lowest BCUT2D eigenvalue weighted by molar-refractivity contribution is -0.419. The summed E-state index contributed by atoms with van der Waals surface area (Å²) in [5.74, 6) is 0.0745. The smallest absolute Gasteiger partial charge is 0.407 e. The number of nitrogens with one attached hydrogen (secondary N) is 1. The van der Waals surface area contributed by atoms with E-state index in [1.807, 2.05) is 13.8 Å². The Kier molecular flexibility index (Phi) is 5.71. The van der Waals surface area contributed by atoms with Gasteiger partial charge in [-0.3, -0.25) is 15.1 Å². The molecule has 0 fully saturated rings. The van der Waals surface area contributed by atoms with Crippen LogP contribution in [0.25, 0.3) is 0 Å². The molecule has 1 amide bonds. The number of allylic oxidation sites excluding steroid dienone is 1. The minimum absolute atomic E-state index is 0.113. The Labute approximate surface area is 158 Å². The zero-order chi connectivity index (χ0) is 20.5. The van der Waals surface area contributed by atoms with Gasteiger partial charge >= 0.3 is 11.8 Å². The van der Waals surface area contributed by atoms with Crippen LogP contribution in [0.1, 0.15) is 41.5 Å². The summed E-state index contributed by atoms with van der Waals surface area (Å²) < 4.78 is 5.21. The van der Waals surface area contributed by atoms with Crippen LogP contribution in [0, 0.1) is 16.0 Å². The normalized spacial score (nSPS) is 24.9. The highest BCUT2D eigenvalue weighted by molar-refractivity contribution is 6.01. The van der Waals surface area contributed by atoms with E-state index in [2.05, 4.69) is 20.8 Å². The maximum atomic E-state index is 11.9. The average molecular weight is 381 g/mol. The lowest BCUT2D eigenvalue weighted by atomic mass is 9.91. The van der Waals surface area contributed by atoms with Crippen molar-refractivity contribution in [3.8, 4) is 0 Å². The number of rotatable bonds is 4. The number of amides is 1. The summed E-state index contributed by atoms with van der Waals surface area (Å²) in [6.07, 6.45) is -0.549. The van der Waals surface area contributed by atoms with Gasteiger partial charge in [-0.25, -0.2) is 14.8 Å². The van der Waals surface area contributed by atoms with Crippen molar-refractivity contribution in [2.45, 2.75) is 59.2 Å². The maximum Gasteiger partial charge on any atom is 0.407 e. The molecule has 0 radical (unpaired) electrons. The quantitative estimate of drug-likeness (QED) is 0.588. The molecule has 2 aliphatic rings. The van der Waals surface area contributed by atoms with Crippen LogP contribution in [0.15, 0.2) is 27.0 Å². The Morgan fingerprint density at radius 2 is 2.04 bits per heavy atom.